The standard InChI is InChI=1S/C11H15ClN2O4S/c12-10-2-1-9(18-10)11(15)13-3-4-14-5-7-19(16,17)8-6-14/h1-2H,3-8H2,(H,13,15). The first-order valence-corrected chi connectivity index (χ1v) is 8.12. The van der Waals surface area contributed by atoms with E-state index in [0.717, 1.165) is 0 Å². The van der Waals surface area contributed by atoms with E-state index in [1.165, 1.54) is 12.1 Å². The molecule has 1 aromatic rings. The average molecular weight is 307 g/mol. The number of furan rings is 1. The molecule has 8 heteroatoms. The molecule has 1 saturated heterocycles. The van der Waals surface area contributed by atoms with Gasteiger partial charge in [-0.25, -0.2) is 8.42 Å². The van der Waals surface area contributed by atoms with E-state index in [0.29, 0.717) is 26.2 Å². The fourth-order valence-corrected chi connectivity index (χ4v) is 3.25. The van der Waals surface area contributed by atoms with E-state index in [-0.39, 0.29) is 28.4 Å². The maximum absolute atomic E-state index is 11.6. The second-order valence-electron chi connectivity index (χ2n) is 4.35. The Morgan fingerprint density at radius 2 is 2.05 bits per heavy atom. The van der Waals surface area contributed by atoms with E-state index < -0.39 is 9.84 Å². The Morgan fingerprint density at radius 1 is 1.37 bits per heavy atom. The highest BCUT2D eigenvalue weighted by Crippen LogP contribution is 2.12. The summed E-state index contributed by atoms with van der Waals surface area (Å²) in [5.74, 6) is 0.228. The lowest BCUT2D eigenvalue weighted by molar-refractivity contribution is 0.0921. The van der Waals surface area contributed by atoms with Gasteiger partial charge in [0.25, 0.3) is 5.91 Å². The van der Waals surface area contributed by atoms with Gasteiger partial charge in [-0.15, -0.1) is 0 Å². The van der Waals surface area contributed by atoms with Crippen molar-refractivity contribution in [3.63, 3.8) is 0 Å². The number of hydrogen-bond acceptors (Lipinski definition) is 5. The zero-order chi connectivity index (χ0) is 13.9. The minimum absolute atomic E-state index is 0.172. The molecule has 1 aliphatic heterocycles. The van der Waals surface area contributed by atoms with Crippen molar-refractivity contribution in [1.29, 1.82) is 0 Å². The number of carbonyl (C=O) groups is 1. The van der Waals surface area contributed by atoms with Crippen LogP contribution in [0.1, 0.15) is 10.6 Å². The van der Waals surface area contributed by atoms with Crippen molar-refractivity contribution in [1.82, 2.24) is 10.2 Å². The molecular weight excluding hydrogens is 292 g/mol. The number of nitrogens with zero attached hydrogens (tertiary/aromatic N) is 1. The zero-order valence-electron chi connectivity index (χ0n) is 10.3. The molecule has 0 unspecified atom stereocenters. The SMILES string of the molecule is O=C(NCCN1CCS(=O)(=O)CC1)c1ccc(Cl)o1. The minimum Gasteiger partial charge on any atom is -0.440 e. The molecule has 0 aliphatic carbocycles. The molecule has 0 aromatic carbocycles. The molecule has 0 atom stereocenters. The van der Waals surface area contributed by atoms with Gasteiger partial charge in [0.1, 0.15) is 0 Å². The van der Waals surface area contributed by atoms with E-state index in [1.54, 1.807) is 0 Å². The summed E-state index contributed by atoms with van der Waals surface area (Å²) in [6, 6.07) is 3.01. The van der Waals surface area contributed by atoms with Crippen LogP contribution in [0.25, 0.3) is 0 Å². The Bertz CT molecular complexity index is 541. The van der Waals surface area contributed by atoms with Crippen molar-refractivity contribution < 1.29 is 17.6 Å². The predicted molar refractivity (Wildman–Crippen MR) is 71.1 cm³/mol. The van der Waals surface area contributed by atoms with E-state index in [2.05, 4.69) is 5.32 Å². The fourth-order valence-electron chi connectivity index (χ4n) is 1.82. The molecule has 1 amide bonds. The van der Waals surface area contributed by atoms with Crippen LogP contribution >= 0.6 is 11.6 Å². The first-order valence-electron chi connectivity index (χ1n) is 5.92. The molecule has 1 fully saturated rings. The van der Waals surface area contributed by atoms with Gasteiger partial charge in [-0.3, -0.25) is 9.69 Å². The van der Waals surface area contributed by atoms with Gasteiger partial charge in [-0.1, -0.05) is 0 Å². The molecule has 0 radical (unpaired) electrons. The van der Waals surface area contributed by atoms with E-state index in [1.807, 2.05) is 4.90 Å². The van der Waals surface area contributed by atoms with Gasteiger partial charge in [0.15, 0.2) is 20.8 Å². The largest absolute Gasteiger partial charge is 0.440 e. The number of carbonyl (C=O) groups excluding carboxylic acids is 1. The molecule has 106 valence electrons. The molecule has 1 aromatic heterocycles. The third kappa shape index (κ3) is 4.22. The monoisotopic (exact) mass is 306 g/mol. The number of halogens is 1. The zero-order valence-corrected chi connectivity index (χ0v) is 11.8. The average Bonchev–Trinajstić information content (AvgIpc) is 2.78. The molecule has 0 saturated carbocycles. The number of amides is 1. The lowest BCUT2D eigenvalue weighted by atomic mass is 10.4. The highest BCUT2D eigenvalue weighted by Gasteiger charge is 2.21. The summed E-state index contributed by atoms with van der Waals surface area (Å²) in [6.07, 6.45) is 0. The smallest absolute Gasteiger partial charge is 0.287 e. The van der Waals surface area contributed by atoms with Gasteiger partial charge in [-0.2, -0.15) is 0 Å². The molecule has 0 bridgehead atoms. The van der Waals surface area contributed by atoms with Gasteiger partial charge in [0.2, 0.25) is 0 Å². The van der Waals surface area contributed by atoms with Gasteiger partial charge in [0, 0.05) is 26.2 Å². The van der Waals surface area contributed by atoms with Crippen LogP contribution in [0.5, 0.6) is 0 Å². The Morgan fingerprint density at radius 3 is 2.63 bits per heavy atom. The molecule has 19 heavy (non-hydrogen) atoms. The molecular formula is C11H15ClN2O4S. The third-order valence-electron chi connectivity index (χ3n) is 2.95. The predicted octanol–water partition coefficient (Wildman–Crippen LogP) is 0.393. The van der Waals surface area contributed by atoms with E-state index >= 15 is 0 Å². The van der Waals surface area contributed by atoms with Gasteiger partial charge < -0.3 is 9.73 Å². The Labute approximate surface area is 116 Å². The second kappa shape index (κ2) is 5.94. The summed E-state index contributed by atoms with van der Waals surface area (Å²) in [5, 5.41) is 2.87. The van der Waals surface area contributed by atoms with Crippen LogP contribution in [-0.4, -0.2) is 56.9 Å². The second-order valence-corrected chi connectivity index (χ2v) is 7.03. The number of sulfone groups is 1. The minimum atomic E-state index is -2.86. The summed E-state index contributed by atoms with van der Waals surface area (Å²) >= 11 is 5.58. The summed E-state index contributed by atoms with van der Waals surface area (Å²) in [7, 11) is -2.86. The first kappa shape index (κ1) is 14.4. The molecule has 2 heterocycles. The molecule has 1 aliphatic rings. The maximum atomic E-state index is 11.6. The topological polar surface area (TPSA) is 79.6 Å². The Kier molecular flexibility index (Phi) is 4.49. The van der Waals surface area contributed by atoms with Crippen molar-refractivity contribution in [2.45, 2.75) is 0 Å². The first-order chi connectivity index (χ1) is 8.96. The van der Waals surface area contributed by atoms with Crippen LogP contribution in [0.15, 0.2) is 16.5 Å². The van der Waals surface area contributed by atoms with Crippen molar-refractivity contribution in [3.8, 4) is 0 Å². The van der Waals surface area contributed by atoms with Crippen molar-refractivity contribution in [2.24, 2.45) is 0 Å². The van der Waals surface area contributed by atoms with Gasteiger partial charge >= 0.3 is 0 Å². The van der Waals surface area contributed by atoms with Gasteiger partial charge in [-0.05, 0) is 23.7 Å². The summed E-state index contributed by atoms with van der Waals surface area (Å²) in [6.45, 7) is 2.10. The van der Waals surface area contributed by atoms with Crippen LogP contribution in [0.3, 0.4) is 0 Å². The van der Waals surface area contributed by atoms with E-state index in [4.69, 9.17) is 16.0 Å². The lowest BCUT2D eigenvalue weighted by Crippen LogP contribution is -2.43. The summed E-state index contributed by atoms with van der Waals surface area (Å²) < 4.78 is 27.5. The number of hydrogen-bond donors (Lipinski definition) is 1. The maximum Gasteiger partial charge on any atom is 0.287 e. The Balaban J connectivity index is 1.71. The highest BCUT2D eigenvalue weighted by molar-refractivity contribution is 7.91. The van der Waals surface area contributed by atoms with Crippen LogP contribution in [-0.2, 0) is 9.84 Å². The fraction of sp³-hybridized carbons (Fsp3) is 0.545. The van der Waals surface area contributed by atoms with E-state index in [9.17, 15) is 13.2 Å². The van der Waals surface area contributed by atoms with Crippen molar-refractivity contribution in [2.75, 3.05) is 37.7 Å². The summed E-state index contributed by atoms with van der Waals surface area (Å²) in [4.78, 5) is 13.6. The van der Waals surface area contributed by atoms with Crippen LogP contribution in [0.2, 0.25) is 5.22 Å². The Hall–Kier alpha value is -1.05. The normalized spacial score (nSPS) is 19.2. The summed E-state index contributed by atoms with van der Waals surface area (Å²) in [5.41, 5.74) is 0. The van der Waals surface area contributed by atoms with Crippen LogP contribution < -0.4 is 5.32 Å². The highest BCUT2D eigenvalue weighted by atomic mass is 35.5. The number of rotatable bonds is 4. The van der Waals surface area contributed by atoms with Crippen molar-refractivity contribution >= 4 is 27.3 Å². The third-order valence-corrected chi connectivity index (χ3v) is 4.76. The number of nitrogens with one attached hydrogen (secondary N) is 1. The molecule has 1 N–H and O–H groups in total. The molecule has 2 rings (SSSR count). The molecule has 0 spiro atoms. The van der Waals surface area contributed by atoms with Crippen molar-refractivity contribution in [3.05, 3.63) is 23.1 Å². The molecule has 6 nitrogen and oxygen atoms in total. The quantitative estimate of drug-likeness (QED) is 0.870. The van der Waals surface area contributed by atoms with Crippen LogP contribution in [0.4, 0.5) is 0 Å². The van der Waals surface area contributed by atoms with Crippen LogP contribution in [0, 0.1) is 0 Å². The van der Waals surface area contributed by atoms with Gasteiger partial charge in [0.05, 0.1) is 11.5 Å². The lowest BCUT2D eigenvalue weighted by Gasteiger charge is -2.26.